The van der Waals surface area contributed by atoms with Gasteiger partial charge in [0.2, 0.25) is 11.7 Å². The molecule has 1 fully saturated rings. The van der Waals surface area contributed by atoms with E-state index in [4.69, 9.17) is 9.47 Å². The number of nitrogens with zero attached hydrogens (tertiary/aromatic N) is 2. The van der Waals surface area contributed by atoms with E-state index in [-0.39, 0.29) is 23.7 Å². The molecule has 0 bridgehead atoms. The monoisotopic (exact) mass is 253 g/mol. The van der Waals surface area contributed by atoms with Gasteiger partial charge in [-0.1, -0.05) is 0 Å². The fourth-order valence-corrected chi connectivity index (χ4v) is 1.87. The summed E-state index contributed by atoms with van der Waals surface area (Å²) in [5, 5.41) is 13.9. The molecule has 1 aliphatic rings. The van der Waals surface area contributed by atoms with Gasteiger partial charge < -0.3 is 14.8 Å². The Morgan fingerprint density at radius 1 is 1.44 bits per heavy atom. The molecule has 1 aromatic rings. The van der Waals surface area contributed by atoms with E-state index >= 15 is 0 Å². The van der Waals surface area contributed by atoms with Crippen molar-refractivity contribution >= 4 is 11.5 Å². The summed E-state index contributed by atoms with van der Waals surface area (Å²) < 4.78 is 10.1. The molecule has 1 heterocycles. The summed E-state index contributed by atoms with van der Waals surface area (Å²) in [6, 6.07) is 3.02. The average Bonchev–Trinajstić information content (AvgIpc) is 2.32. The van der Waals surface area contributed by atoms with Gasteiger partial charge in [0.15, 0.2) is 0 Å². The summed E-state index contributed by atoms with van der Waals surface area (Å²) >= 11 is 0. The van der Waals surface area contributed by atoms with Gasteiger partial charge >= 0.3 is 5.69 Å². The van der Waals surface area contributed by atoms with Crippen LogP contribution in [0.4, 0.5) is 11.5 Å². The molecule has 0 aromatic carbocycles. The fraction of sp³-hybridized carbons (Fsp3) is 0.545. The van der Waals surface area contributed by atoms with Gasteiger partial charge in [-0.15, -0.1) is 0 Å². The van der Waals surface area contributed by atoms with E-state index in [2.05, 4.69) is 10.3 Å². The lowest BCUT2D eigenvalue weighted by Crippen LogP contribution is -2.40. The number of nitro groups is 1. The molecular formula is C11H15N3O4. The van der Waals surface area contributed by atoms with Crippen LogP contribution in [0, 0.1) is 10.1 Å². The molecule has 1 aromatic heterocycles. The fourth-order valence-electron chi connectivity index (χ4n) is 1.87. The van der Waals surface area contributed by atoms with Crippen LogP contribution >= 0.6 is 0 Å². The van der Waals surface area contributed by atoms with E-state index in [1.54, 1.807) is 7.11 Å². The summed E-state index contributed by atoms with van der Waals surface area (Å²) in [5.41, 5.74) is -0.0448. The van der Waals surface area contributed by atoms with E-state index < -0.39 is 4.92 Å². The van der Waals surface area contributed by atoms with Crippen LogP contribution in [-0.2, 0) is 4.74 Å². The van der Waals surface area contributed by atoms with Crippen molar-refractivity contribution in [2.24, 2.45) is 0 Å². The zero-order valence-corrected chi connectivity index (χ0v) is 10.3. The Morgan fingerprint density at radius 2 is 2.17 bits per heavy atom. The maximum Gasteiger partial charge on any atom is 0.311 e. The Hall–Kier alpha value is -1.89. The topological polar surface area (TPSA) is 86.5 Å². The van der Waals surface area contributed by atoms with Crippen LogP contribution in [0.25, 0.3) is 0 Å². The van der Waals surface area contributed by atoms with Crippen LogP contribution in [0.5, 0.6) is 5.88 Å². The first-order valence-electron chi connectivity index (χ1n) is 5.62. The Bertz CT molecular complexity index is 446. The first kappa shape index (κ1) is 12.6. The van der Waals surface area contributed by atoms with Crippen molar-refractivity contribution in [1.82, 2.24) is 4.98 Å². The van der Waals surface area contributed by atoms with Gasteiger partial charge in [0.1, 0.15) is 0 Å². The standard InChI is InChI=1S/C11H15N3O4/c1-17-8-5-7(6-8)12-11-9(14(15)16)3-4-10(13-11)18-2/h3-4,7-8H,5-6H2,1-2H3,(H,12,13). The highest BCUT2D eigenvalue weighted by Crippen LogP contribution is 2.30. The molecule has 7 nitrogen and oxygen atoms in total. The van der Waals surface area contributed by atoms with Crippen molar-refractivity contribution in [2.45, 2.75) is 25.0 Å². The van der Waals surface area contributed by atoms with Crippen LogP contribution in [0.1, 0.15) is 12.8 Å². The van der Waals surface area contributed by atoms with E-state index in [0.717, 1.165) is 12.8 Å². The minimum atomic E-state index is -0.457. The molecule has 1 saturated carbocycles. The second-order valence-corrected chi connectivity index (χ2v) is 4.15. The zero-order valence-electron chi connectivity index (χ0n) is 10.3. The van der Waals surface area contributed by atoms with Crippen molar-refractivity contribution in [3.63, 3.8) is 0 Å². The summed E-state index contributed by atoms with van der Waals surface area (Å²) in [4.78, 5) is 14.5. The summed E-state index contributed by atoms with van der Waals surface area (Å²) in [6.45, 7) is 0. The number of hydrogen-bond donors (Lipinski definition) is 1. The van der Waals surface area contributed by atoms with Crippen LogP contribution in [0.2, 0.25) is 0 Å². The number of pyridine rings is 1. The Kier molecular flexibility index (Phi) is 3.61. The third-order valence-corrected chi connectivity index (χ3v) is 3.02. The second kappa shape index (κ2) is 5.18. The predicted molar refractivity (Wildman–Crippen MR) is 64.9 cm³/mol. The lowest BCUT2D eigenvalue weighted by Gasteiger charge is -2.34. The van der Waals surface area contributed by atoms with Gasteiger partial charge in [-0.3, -0.25) is 10.1 Å². The normalized spacial score (nSPS) is 22.1. The van der Waals surface area contributed by atoms with E-state index in [1.165, 1.54) is 19.2 Å². The number of rotatable bonds is 5. The maximum atomic E-state index is 10.9. The SMILES string of the molecule is COc1ccc([N+](=O)[O-])c(NC2CC(OC)C2)n1. The highest BCUT2D eigenvalue weighted by Gasteiger charge is 2.31. The summed E-state index contributed by atoms with van der Waals surface area (Å²) in [6.07, 6.45) is 1.88. The Labute approximate surface area is 104 Å². The molecule has 1 aliphatic carbocycles. The van der Waals surface area contributed by atoms with Crippen molar-refractivity contribution in [3.05, 3.63) is 22.2 Å². The predicted octanol–water partition coefficient (Wildman–Crippen LogP) is 1.59. The third kappa shape index (κ3) is 2.51. The second-order valence-electron chi connectivity index (χ2n) is 4.15. The first-order chi connectivity index (χ1) is 8.63. The minimum absolute atomic E-state index is 0.0448. The molecule has 1 N–H and O–H groups in total. The number of nitrogens with one attached hydrogen (secondary N) is 1. The smallest absolute Gasteiger partial charge is 0.311 e. The Morgan fingerprint density at radius 3 is 2.72 bits per heavy atom. The molecule has 0 amide bonds. The van der Waals surface area contributed by atoms with Gasteiger partial charge in [0, 0.05) is 25.3 Å². The number of ether oxygens (including phenoxy) is 2. The molecule has 0 atom stereocenters. The molecule has 7 heteroatoms. The van der Waals surface area contributed by atoms with Crippen LogP contribution < -0.4 is 10.1 Å². The number of methoxy groups -OCH3 is 2. The number of aromatic nitrogens is 1. The van der Waals surface area contributed by atoms with Crippen LogP contribution in [0.15, 0.2) is 12.1 Å². The molecule has 2 rings (SSSR count). The largest absolute Gasteiger partial charge is 0.481 e. The minimum Gasteiger partial charge on any atom is -0.481 e. The average molecular weight is 253 g/mol. The van der Waals surface area contributed by atoms with Crippen LogP contribution in [0.3, 0.4) is 0 Å². The molecule has 18 heavy (non-hydrogen) atoms. The molecular weight excluding hydrogens is 238 g/mol. The van der Waals surface area contributed by atoms with Crippen molar-refractivity contribution in [1.29, 1.82) is 0 Å². The highest BCUT2D eigenvalue weighted by molar-refractivity contribution is 5.57. The Balaban J connectivity index is 2.12. The highest BCUT2D eigenvalue weighted by atomic mass is 16.6. The van der Waals surface area contributed by atoms with Crippen molar-refractivity contribution < 1.29 is 14.4 Å². The van der Waals surface area contributed by atoms with Gasteiger partial charge in [-0.2, -0.15) is 4.98 Å². The van der Waals surface area contributed by atoms with E-state index in [0.29, 0.717) is 5.88 Å². The van der Waals surface area contributed by atoms with E-state index in [1.807, 2.05) is 0 Å². The van der Waals surface area contributed by atoms with Crippen molar-refractivity contribution in [2.75, 3.05) is 19.5 Å². The molecule has 0 radical (unpaired) electrons. The van der Waals surface area contributed by atoms with Crippen LogP contribution in [-0.4, -0.2) is 36.3 Å². The number of anilines is 1. The lowest BCUT2D eigenvalue weighted by molar-refractivity contribution is -0.384. The van der Waals surface area contributed by atoms with Gasteiger partial charge in [0.05, 0.1) is 18.1 Å². The molecule has 0 unspecified atom stereocenters. The third-order valence-electron chi connectivity index (χ3n) is 3.02. The molecule has 0 aliphatic heterocycles. The quantitative estimate of drug-likeness (QED) is 0.633. The van der Waals surface area contributed by atoms with Gasteiger partial charge in [-0.05, 0) is 12.8 Å². The summed E-state index contributed by atoms with van der Waals surface area (Å²) in [5.74, 6) is 0.601. The van der Waals surface area contributed by atoms with Gasteiger partial charge in [-0.25, -0.2) is 0 Å². The maximum absolute atomic E-state index is 10.9. The first-order valence-corrected chi connectivity index (χ1v) is 5.62. The van der Waals surface area contributed by atoms with Gasteiger partial charge in [0.25, 0.3) is 0 Å². The van der Waals surface area contributed by atoms with Crippen molar-refractivity contribution in [3.8, 4) is 5.88 Å². The summed E-state index contributed by atoms with van der Waals surface area (Å²) in [7, 11) is 3.13. The molecule has 0 saturated heterocycles. The lowest BCUT2D eigenvalue weighted by atomic mass is 9.89. The molecule has 0 spiro atoms. The zero-order chi connectivity index (χ0) is 13.1. The van der Waals surface area contributed by atoms with E-state index in [9.17, 15) is 10.1 Å². The number of hydrogen-bond acceptors (Lipinski definition) is 6. The molecule has 98 valence electrons.